The van der Waals surface area contributed by atoms with E-state index in [-0.39, 0.29) is 10.8 Å². The molecule has 1 amide bonds. The quantitative estimate of drug-likeness (QED) is 0.721. The van der Waals surface area contributed by atoms with Gasteiger partial charge in [0.05, 0.1) is 5.69 Å². The summed E-state index contributed by atoms with van der Waals surface area (Å²) in [5.41, 5.74) is 2.96. The van der Waals surface area contributed by atoms with Crippen LogP contribution < -0.4 is 5.32 Å². The van der Waals surface area contributed by atoms with Crippen LogP contribution in [0.3, 0.4) is 0 Å². The van der Waals surface area contributed by atoms with E-state index in [1.54, 1.807) is 43.6 Å². The van der Waals surface area contributed by atoms with Gasteiger partial charge < -0.3 is 5.32 Å². The average molecular weight is 401 g/mol. The van der Waals surface area contributed by atoms with Gasteiger partial charge in [-0.2, -0.15) is 4.31 Å². The molecule has 0 spiro atoms. The van der Waals surface area contributed by atoms with E-state index in [4.69, 9.17) is 0 Å². The molecule has 1 aliphatic carbocycles. The second-order valence-electron chi connectivity index (χ2n) is 6.62. The van der Waals surface area contributed by atoms with Crippen molar-refractivity contribution in [2.45, 2.75) is 38.5 Å². The number of aryl methyl sites for hydroxylation is 1. The summed E-state index contributed by atoms with van der Waals surface area (Å²) in [6.07, 6.45) is 6.74. The number of amides is 1. The summed E-state index contributed by atoms with van der Waals surface area (Å²) < 4.78 is 27.3. The molecule has 1 aliphatic rings. The minimum absolute atomic E-state index is 0.189. The number of carbonyl (C=O) groups excluding carboxylic acids is 1. The predicted molar refractivity (Wildman–Crippen MR) is 108 cm³/mol. The number of allylic oxidation sites excluding steroid dienone is 1. The van der Waals surface area contributed by atoms with Gasteiger partial charge in [0.15, 0.2) is 0 Å². The van der Waals surface area contributed by atoms with Crippen molar-refractivity contribution >= 4 is 21.7 Å². The SMILES string of the molecule is CCN(CC)S(=O)(=O)c1cc(-c2ccnc(NC(=O)C=C3CC3)c2)cnc1C. The van der Waals surface area contributed by atoms with Gasteiger partial charge in [-0.05, 0) is 43.5 Å². The van der Waals surface area contributed by atoms with Crippen LogP contribution >= 0.6 is 0 Å². The Morgan fingerprint density at radius 2 is 1.89 bits per heavy atom. The third-order valence-electron chi connectivity index (χ3n) is 4.58. The molecule has 1 N–H and O–H groups in total. The van der Waals surface area contributed by atoms with Gasteiger partial charge in [0.25, 0.3) is 0 Å². The molecule has 0 aromatic carbocycles. The zero-order valence-corrected chi connectivity index (χ0v) is 17.1. The lowest BCUT2D eigenvalue weighted by Crippen LogP contribution is -2.31. The van der Waals surface area contributed by atoms with E-state index in [2.05, 4.69) is 15.3 Å². The molecule has 1 saturated carbocycles. The maximum Gasteiger partial charge on any atom is 0.249 e. The zero-order chi connectivity index (χ0) is 20.3. The number of hydrogen-bond acceptors (Lipinski definition) is 5. The molecule has 2 heterocycles. The van der Waals surface area contributed by atoms with Crippen LogP contribution in [-0.4, -0.2) is 41.7 Å². The molecule has 7 nitrogen and oxygen atoms in total. The van der Waals surface area contributed by atoms with Gasteiger partial charge >= 0.3 is 0 Å². The van der Waals surface area contributed by atoms with E-state index in [0.29, 0.717) is 30.2 Å². The predicted octanol–water partition coefficient (Wildman–Crippen LogP) is 3.14. The molecule has 0 unspecified atom stereocenters. The van der Waals surface area contributed by atoms with Crippen LogP contribution in [0.5, 0.6) is 0 Å². The first-order valence-electron chi connectivity index (χ1n) is 9.28. The first-order chi connectivity index (χ1) is 13.3. The molecule has 0 atom stereocenters. The highest BCUT2D eigenvalue weighted by atomic mass is 32.2. The molecule has 148 valence electrons. The third-order valence-corrected chi connectivity index (χ3v) is 6.75. The molecule has 8 heteroatoms. The van der Waals surface area contributed by atoms with Gasteiger partial charge in [-0.1, -0.05) is 19.4 Å². The maximum absolute atomic E-state index is 12.9. The Hall–Kier alpha value is -2.58. The molecule has 2 aromatic rings. The Bertz CT molecular complexity index is 1020. The minimum atomic E-state index is -3.62. The first kappa shape index (κ1) is 20.2. The van der Waals surface area contributed by atoms with E-state index in [0.717, 1.165) is 24.0 Å². The van der Waals surface area contributed by atoms with Gasteiger partial charge in [-0.3, -0.25) is 9.78 Å². The fraction of sp³-hybridized carbons (Fsp3) is 0.350. The number of sulfonamides is 1. The summed E-state index contributed by atoms with van der Waals surface area (Å²) in [5.74, 6) is 0.206. The van der Waals surface area contributed by atoms with Crippen molar-refractivity contribution in [1.29, 1.82) is 0 Å². The molecule has 0 bridgehead atoms. The van der Waals surface area contributed by atoms with Gasteiger partial charge in [0.1, 0.15) is 10.7 Å². The molecule has 28 heavy (non-hydrogen) atoms. The molecular weight excluding hydrogens is 376 g/mol. The van der Waals surface area contributed by atoms with Crippen molar-refractivity contribution in [1.82, 2.24) is 14.3 Å². The minimum Gasteiger partial charge on any atom is -0.307 e. The number of nitrogens with zero attached hydrogens (tertiary/aromatic N) is 3. The molecule has 0 aliphatic heterocycles. The van der Waals surface area contributed by atoms with Crippen molar-refractivity contribution in [3.63, 3.8) is 0 Å². The average Bonchev–Trinajstić information content (AvgIpc) is 3.46. The van der Waals surface area contributed by atoms with E-state index < -0.39 is 10.0 Å². The van der Waals surface area contributed by atoms with Gasteiger partial charge in [0, 0.05) is 37.1 Å². The second kappa shape index (κ2) is 8.20. The Labute approximate surface area is 165 Å². The molecule has 0 saturated heterocycles. The van der Waals surface area contributed by atoms with Crippen molar-refractivity contribution in [3.05, 3.63) is 47.9 Å². The Balaban J connectivity index is 1.93. The van der Waals surface area contributed by atoms with Crippen LogP contribution in [0.4, 0.5) is 5.82 Å². The maximum atomic E-state index is 12.9. The van der Waals surface area contributed by atoms with Crippen LogP contribution in [0.15, 0.2) is 47.1 Å². The van der Waals surface area contributed by atoms with Gasteiger partial charge in [-0.15, -0.1) is 0 Å². The lowest BCUT2D eigenvalue weighted by molar-refractivity contribution is -0.111. The third kappa shape index (κ3) is 4.45. The largest absolute Gasteiger partial charge is 0.307 e. The first-order valence-corrected chi connectivity index (χ1v) is 10.7. The standard InChI is InChI=1S/C20H24N4O3S/c1-4-24(5-2)28(26,27)18-11-17(13-22-14(18)3)16-8-9-21-19(12-16)23-20(25)10-15-6-7-15/h8-13H,4-7H2,1-3H3,(H,21,23,25). The summed E-state index contributed by atoms with van der Waals surface area (Å²) >= 11 is 0. The lowest BCUT2D eigenvalue weighted by Gasteiger charge is -2.20. The molecule has 2 aromatic heterocycles. The van der Waals surface area contributed by atoms with Crippen LogP contribution in [0.25, 0.3) is 11.1 Å². The number of aromatic nitrogens is 2. The zero-order valence-electron chi connectivity index (χ0n) is 16.3. The number of hydrogen-bond donors (Lipinski definition) is 1. The van der Waals surface area contributed by atoms with Crippen molar-refractivity contribution in [2.24, 2.45) is 0 Å². The van der Waals surface area contributed by atoms with Crippen LogP contribution in [0.2, 0.25) is 0 Å². The summed E-state index contributed by atoms with van der Waals surface area (Å²) in [4.78, 5) is 20.6. The van der Waals surface area contributed by atoms with E-state index in [1.165, 1.54) is 4.31 Å². The van der Waals surface area contributed by atoms with Crippen LogP contribution in [0.1, 0.15) is 32.4 Å². The molecular formula is C20H24N4O3S. The highest BCUT2D eigenvalue weighted by Crippen LogP contribution is 2.28. The van der Waals surface area contributed by atoms with E-state index in [9.17, 15) is 13.2 Å². The van der Waals surface area contributed by atoms with Crippen molar-refractivity contribution in [2.75, 3.05) is 18.4 Å². The topological polar surface area (TPSA) is 92.3 Å². The highest BCUT2D eigenvalue weighted by molar-refractivity contribution is 7.89. The number of pyridine rings is 2. The van der Waals surface area contributed by atoms with Gasteiger partial charge in [-0.25, -0.2) is 13.4 Å². The highest BCUT2D eigenvalue weighted by Gasteiger charge is 2.24. The number of rotatable bonds is 7. The number of nitrogens with one attached hydrogen (secondary N) is 1. The number of anilines is 1. The fourth-order valence-electron chi connectivity index (χ4n) is 2.88. The Morgan fingerprint density at radius 3 is 2.54 bits per heavy atom. The van der Waals surface area contributed by atoms with Crippen molar-refractivity contribution in [3.8, 4) is 11.1 Å². The monoisotopic (exact) mass is 400 g/mol. The molecule has 0 radical (unpaired) electrons. The Morgan fingerprint density at radius 1 is 1.18 bits per heavy atom. The summed E-state index contributed by atoms with van der Waals surface area (Å²) in [7, 11) is -3.62. The second-order valence-corrected chi connectivity index (χ2v) is 8.52. The smallest absolute Gasteiger partial charge is 0.249 e. The fourth-order valence-corrected chi connectivity index (χ4v) is 4.54. The van der Waals surface area contributed by atoms with E-state index >= 15 is 0 Å². The molecule has 3 rings (SSSR count). The lowest BCUT2D eigenvalue weighted by atomic mass is 10.1. The summed E-state index contributed by atoms with van der Waals surface area (Å²) in [6.45, 7) is 6.08. The van der Waals surface area contributed by atoms with Crippen LogP contribution in [0, 0.1) is 6.92 Å². The normalized spacial score (nSPS) is 13.5. The van der Waals surface area contributed by atoms with E-state index in [1.807, 2.05) is 13.8 Å². The summed E-state index contributed by atoms with van der Waals surface area (Å²) in [5, 5.41) is 2.74. The number of carbonyl (C=O) groups is 1. The van der Waals surface area contributed by atoms with Gasteiger partial charge in [0.2, 0.25) is 15.9 Å². The summed E-state index contributed by atoms with van der Waals surface area (Å²) in [6, 6.07) is 5.10. The van der Waals surface area contributed by atoms with Crippen LogP contribution in [-0.2, 0) is 14.8 Å². The Kier molecular flexibility index (Phi) is 5.90. The molecule has 1 fully saturated rings. The van der Waals surface area contributed by atoms with Crippen molar-refractivity contribution < 1.29 is 13.2 Å².